The topological polar surface area (TPSA) is 37.3 Å². The molecule has 4 heteroatoms. The molecular weight excluding hydrogens is 192 g/mol. The summed E-state index contributed by atoms with van der Waals surface area (Å²) in [6, 6.07) is 0. The van der Waals surface area contributed by atoms with E-state index in [-0.39, 0.29) is 10.3 Å². The van der Waals surface area contributed by atoms with Crippen LogP contribution in [0.1, 0.15) is 27.7 Å². The summed E-state index contributed by atoms with van der Waals surface area (Å²) in [4.78, 5) is 18.7. The second kappa shape index (κ2) is 4.99. The van der Waals surface area contributed by atoms with Crippen molar-refractivity contribution in [2.45, 2.75) is 45.8 Å². The molecule has 0 radical (unpaired) electrons. The largest absolute Gasteiger partial charge is 0.432 e. The van der Waals surface area contributed by atoms with E-state index in [1.807, 2.05) is 13.1 Å². The quantitative estimate of drug-likeness (QED) is 0.493. The number of hydrogen-bond acceptors (Lipinski definition) is 2. The molecule has 0 saturated carbocycles. The van der Waals surface area contributed by atoms with Crippen molar-refractivity contribution < 1.29 is 9.59 Å². The van der Waals surface area contributed by atoms with E-state index in [4.69, 9.17) is 0 Å². The molecule has 0 aliphatic rings. The highest BCUT2D eigenvalue weighted by molar-refractivity contribution is 6.72. The number of carbonyl (C=O) groups excluding carboxylic acids is 1. The fourth-order valence-corrected chi connectivity index (χ4v) is 0. The Bertz CT molecular complexity index is 128. The Kier molecular flexibility index (Phi) is 6.10. The van der Waals surface area contributed by atoms with Crippen LogP contribution in [-0.2, 0) is 4.79 Å². The van der Waals surface area contributed by atoms with Gasteiger partial charge in [-0.05, 0) is 29.7 Å². The Balaban J connectivity index is 0. The van der Waals surface area contributed by atoms with Crippen LogP contribution in [0.15, 0.2) is 0 Å². The zero-order valence-corrected chi connectivity index (χ0v) is 10.5. The zero-order valence-electron chi connectivity index (χ0n) is 8.73. The highest BCUT2D eigenvalue weighted by Crippen LogP contribution is 2.33. The van der Waals surface area contributed by atoms with E-state index < -0.39 is 8.32 Å². The summed E-state index contributed by atoms with van der Waals surface area (Å²) >= 11 is 4.64. The predicted molar refractivity (Wildman–Crippen MR) is 55.9 cm³/mol. The fraction of sp³-hybridized carbons (Fsp3) is 0.875. The van der Waals surface area contributed by atoms with Gasteiger partial charge in [-0.15, -0.1) is 0 Å². The van der Waals surface area contributed by atoms with E-state index in [9.17, 15) is 9.59 Å². The fourth-order valence-electron chi connectivity index (χ4n) is 0. The SMILES string of the molecule is CC(=O)Cl.CC(C)(C)[Si](C)(C)O. The van der Waals surface area contributed by atoms with Crippen LogP contribution in [0.3, 0.4) is 0 Å². The van der Waals surface area contributed by atoms with Gasteiger partial charge in [0.15, 0.2) is 8.32 Å². The molecule has 0 unspecified atom stereocenters. The summed E-state index contributed by atoms with van der Waals surface area (Å²) in [5, 5.41) is -0.229. The van der Waals surface area contributed by atoms with Crippen molar-refractivity contribution in [2.75, 3.05) is 0 Å². The molecule has 0 rings (SSSR count). The zero-order chi connectivity index (χ0) is 10.6. The van der Waals surface area contributed by atoms with E-state index in [2.05, 4.69) is 32.4 Å². The number of hydrogen-bond donors (Lipinski definition) is 1. The van der Waals surface area contributed by atoms with Gasteiger partial charge in [0.2, 0.25) is 5.24 Å². The van der Waals surface area contributed by atoms with Gasteiger partial charge in [-0.2, -0.15) is 0 Å². The summed E-state index contributed by atoms with van der Waals surface area (Å²) in [5.74, 6) is 0. The number of halogens is 1. The van der Waals surface area contributed by atoms with Gasteiger partial charge in [-0.25, -0.2) is 0 Å². The first kappa shape index (κ1) is 14.6. The van der Waals surface area contributed by atoms with E-state index in [1.165, 1.54) is 6.92 Å². The van der Waals surface area contributed by atoms with Crippen molar-refractivity contribution in [3.8, 4) is 0 Å². The number of rotatable bonds is 0. The lowest BCUT2D eigenvalue weighted by molar-refractivity contribution is -0.109. The summed E-state index contributed by atoms with van der Waals surface area (Å²) in [6.45, 7) is 11.5. The van der Waals surface area contributed by atoms with E-state index in [1.54, 1.807) is 0 Å². The van der Waals surface area contributed by atoms with Crippen molar-refractivity contribution in [3.63, 3.8) is 0 Å². The monoisotopic (exact) mass is 210 g/mol. The molecule has 0 aromatic rings. The van der Waals surface area contributed by atoms with Crippen LogP contribution in [0.4, 0.5) is 0 Å². The lowest BCUT2D eigenvalue weighted by Gasteiger charge is -2.30. The van der Waals surface area contributed by atoms with Gasteiger partial charge in [0.05, 0.1) is 0 Å². The van der Waals surface area contributed by atoms with Gasteiger partial charge < -0.3 is 4.80 Å². The highest BCUT2D eigenvalue weighted by Gasteiger charge is 2.32. The van der Waals surface area contributed by atoms with Crippen molar-refractivity contribution in [3.05, 3.63) is 0 Å². The van der Waals surface area contributed by atoms with E-state index in [0.717, 1.165) is 0 Å². The first-order chi connectivity index (χ1) is 4.98. The van der Waals surface area contributed by atoms with E-state index in [0.29, 0.717) is 0 Å². The molecule has 0 amide bonds. The molecule has 0 aromatic heterocycles. The molecule has 0 saturated heterocycles. The second-order valence-electron chi connectivity index (χ2n) is 4.28. The van der Waals surface area contributed by atoms with Crippen LogP contribution < -0.4 is 0 Å². The van der Waals surface area contributed by atoms with Crippen LogP contribution in [-0.4, -0.2) is 18.4 Å². The first-order valence-electron chi connectivity index (χ1n) is 3.87. The first-order valence-corrected chi connectivity index (χ1v) is 7.19. The van der Waals surface area contributed by atoms with Crippen molar-refractivity contribution >= 4 is 25.2 Å². The predicted octanol–water partition coefficient (Wildman–Crippen LogP) is 2.76. The molecule has 0 fully saturated rings. The second-order valence-corrected chi connectivity index (χ2v) is 9.43. The molecule has 0 bridgehead atoms. The minimum Gasteiger partial charge on any atom is -0.432 e. The van der Waals surface area contributed by atoms with Gasteiger partial charge in [-0.1, -0.05) is 20.8 Å². The van der Waals surface area contributed by atoms with Crippen molar-refractivity contribution in [2.24, 2.45) is 0 Å². The average molecular weight is 211 g/mol. The molecule has 74 valence electrons. The van der Waals surface area contributed by atoms with Gasteiger partial charge in [-0.3, -0.25) is 4.79 Å². The van der Waals surface area contributed by atoms with E-state index >= 15 is 0 Å². The van der Waals surface area contributed by atoms with Gasteiger partial charge >= 0.3 is 0 Å². The van der Waals surface area contributed by atoms with Crippen LogP contribution >= 0.6 is 11.6 Å². The molecular formula is C8H19ClO2Si. The molecule has 0 aromatic carbocycles. The maximum absolute atomic E-state index is 9.49. The molecule has 0 aliphatic carbocycles. The average Bonchev–Trinajstić information content (AvgIpc) is 1.55. The summed E-state index contributed by atoms with van der Waals surface area (Å²) in [7, 11) is -1.86. The minimum atomic E-state index is -1.86. The highest BCUT2D eigenvalue weighted by atomic mass is 35.5. The minimum absolute atomic E-state index is 0.132. The third-order valence-electron chi connectivity index (χ3n) is 1.84. The molecule has 1 N–H and O–H groups in total. The van der Waals surface area contributed by atoms with Gasteiger partial charge in [0.1, 0.15) is 0 Å². The third-order valence-corrected chi connectivity index (χ3v) is 5.51. The Morgan fingerprint density at radius 1 is 1.33 bits per heavy atom. The molecule has 0 heterocycles. The Labute approximate surface area is 81.1 Å². The molecule has 0 spiro atoms. The van der Waals surface area contributed by atoms with Crippen LogP contribution in [0.2, 0.25) is 18.1 Å². The van der Waals surface area contributed by atoms with Crippen LogP contribution in [0, 0.1) is 0 Å². The Morgan fingerprint density at radius 2 is 1.42 bits per heavy atom. The smallest absolute Gasteiger partial charge is 0.218 e. The number of carbonyl (C=O) groups is 1. The maximum Gasteiger partial charge on any atom is 0.218 e. The van der Waals surface area contributed by atoms with Crippen LogP contribution in [0.25, 0.3) is 0 Å². The van der Waals surface area contributed by atoms with Gasteiger partial charge in [0, 0.05) is 6.92 Å². The lowest BCUT2D eigenvalue weighted by Crippen LogP contribution is -2.36. The summed E-state index contributed by atoms with van der Waals surface area (Å²) in [6.07, 6.45) is 0. The molecule has 0 atom stereocenters. The normalized spacial score (nSPS) is 11.7. The molecule has 2 nitrogen and oxygen atoms in total. The Morgan fingerprint density at radius 3 is 1.42 bits per heavy atom. The van der Waals surface area contributed by atoms with Crippen LogP contribution in [0.5, 0.6) is 0 Å². The molecule has 12 heavy (non-hydrogen) atoms. The van der Waals surface area contributed by atoms with Crippen molar-refractivity contribution in [1.82, 2.24) is 0 Å². The Hall–Kier alpha value is 0.137. The molecule has 0 aliphatic heterocycles. The maximum atomic E-state index is 9.49. The lowest BCUT2D eigenvalue weighted by atomic mass is 10.2. The summed E-state index contributed by atoms with van der Waals surface area (Å²) < 4.78 is 0. The van der Waals surface area contributed by atoms with Gasteiger partial charge in [0.25, 0.3) is 0 Å². The third kappa shape index (κ3) is 10.1. The summed E-state index contributed by atoms with van der Waals surface area (Å²) in [5.41, 5.74) is 0. The van der Waals surface area contributed by atoms with Crippen molar-refractivity contribution in [1.29, 1.82) is 0 Å². The standard InChI is InChI=1S/C6H16OSi.C2H3ClO/c1-6(2,3)8(4,5)7;1-2(3)4/h7H,1-5H3;1H3.